The largest absolute Gasteiger partial charge is 0.354 e. The minimum atomic E-state index is 0.117. The van der Waals surface area contributed by atoms with E-state index in [4.69, 9.17) is 0 Å². The second kappa shape index (κ2) is 5.91. The van der Waals surface area contributed by atoms with Crippen LogP contribution in [0.4, 0.5) is 0 Å². The molecule has 0 aliphatic carbocycles. The molecule has 1 aromatic heterocycles. The highest BCUT2D eigenvalue weighted by Gasteiger charge is 2.08. The fraction of sp³-hybridized carbons (Fsp3) is 0.438. The molecule has 0 aliphatic rings. The molecule has 3 nitrogen and oxygen atoms in total. The lowest BCUT2D eigenvalue weighted by Gasteiger charge is -2.11. The van der Waals surface area contributed by atoms with Crippen LogP contribution in [-0.2, 0) is 17.8 Å². The Kier molecular flexibility index (Phi) is 4.25. The zero-order valence-corrected chi connectivity index (χ0v) is 11.9. The summed E-state index contributed by atoms with van der Waals surface area (Å²) in [5.74, 6) is 0.117. The summed E-state index contributed by atoms with van der Waals surface area (Å²) < 4.78 is 2.19. The molecule has 0 atom stereocenters. The van der Waals surface area contributed by atoms with Crippen molar-refractivity contribution in [3.8, 4) is 0 Å². The number of benzene rings is 1. The van der Waals surface area contributed by atoms with E-state index in [0.29, 0.717) is 6.42 Å². The predicted molar refractivity (Wildman–Crippen MR) is 79.2 cm³/mol. The molecule has 0 saturated heterocycles. The van der Waals surface area contributed by atoms with Gasteiger partial charge in [-0.1, -0.05) is 25.1 Å². The van der Waals surface area contributed by atoms with Gasteiger partial charge in [0.15, 0.2) is 0 Å². The molecule has 1 heterocycles. The molecule has 102 valence electrons. The van der Waals surface area contributed by atoms with Gasteiger partial charge in [-0.2, -0.15) is 0 Å². The molecule has 0 aliphatic heterocycles. The third kappa shape index (κ3) is 3.16. The highest BCUT2D eigenvalue weighted by atomic mass is 16.1. The molecule has 1 amide bonds. The Morgan fingerprint density at radius 3 is 2.79 bits per heavy atom. The van der Waals surface area contributed by atoms with Gasteiger partial charge in [0, 0.05) is 25.2 Å². The summed E-state index contributed by atoms with van der Waals surface area (Å²) in [7, 11) is 0. The third-order valence-corrected chi connectivity index (χ3v) is 3.28. The molecule has 0 saturated carbocycles. The van der Waals surface area contributed by atoms with E-state index < -0.39 is 0 Å². The number of carbonyl (C=O) groups is 1. The molecule has 2 rings (SSSR count). The molecule has 0 unspecified atom stereocenters. The van der Waals surface area contributed by atoms with Gasteiger partial charge in [-0.3, -0.25) is 4.79 Å². The third-order valence-electron chi connectivity index (χ3n) is 3.28. The average Bonchev–Trinajstić information content (AvgIpc) is 2.78. The summed E-state index contributed by atoms with van der Waals surface area (Å²) in [5.41, 5.74) is 2.61. The van der Waals surface area contributed by atoms with Crippen molar-refractivity contribution in [1.82, 2.24) is 9.88 Å². The van der Waals surface area contributed by atoms with Gasteiger partial charge in [-0.15, -0.1) is 0 Å². The van der Waals surface area contributed by atoms with Gasteiger partial charge in [0.05, 0.1) is 5.52 Å². The maximum absolute atomic E-state index is 11.7. The van der Waals surface area contributed by atoms with Crippen molar-refractivity contribution < 1.29 is 4.79 Å². The number of rotatable bonds is 5. The molecule has 0 bridgehead atoms. The van der Waals surface area contributed by atoms with Crippen LogP contribution in [0.5, 0.6) is 0 Å². The van der Waals surface area contributed by atoms with Crippen molar-refractivity contribution in [2.45, 2.75) is 46.2 Å². The van der Waals surface area contributed by atoms with Crippen LogP contribution < -0.4 is 5.32 Å². The molecule has 0 fully saturated rings. The van der Waals surface area contributed by atoms with E-state index in [-0.39, 0.29) is 11.9 Å². The number of aromatic nitrogens is 1. The van der Waals surface area contributed by atoms with E-state index in [1.165, 1.54) is 16.5 Å². The second-order valence-electron chi connectivity index (χ2n) is 5.19. The fourth-order valence-corrected chi connectivity index (χ4v) is 2.43. The summed E-state index contributed by atoms with van der Waals surface area (Å²) in [4.78, 5) is 11.7. The van der Waals surface area contributed by atoms with Gasteiger partial charge in [0.2, 0.25) is 5.91 Å². The lowest BCUT2D eigenvalue weighted by Crippen LogP contribution is -2.30. The van der Waals surface area contributed by atoms with E-state index in [2.05, 4.69) is 47.3 Å². The monoisotopic (exact) mass is 258 g/mol. The van der Waals surface area contributed by atoms with Gasteiger partial charge in [0.1, 0.15) is 0 Å². The number of para-hydroxylation sites is 1. The second-order valence-corrected chi connectivity index (χ2v) is 5.19. The smallest absolute Gasteiger partial charge is 0.221 e. The SMILES string of the molecule is CCc1cccc2ccn(CCC(=O)NC(C)C)c12. The van der Waals surface area contributed by atoms with Crippen LogP contribution in [0, 0.1) is 0 Å². The summed E-state index contributed by atoms with van der Waals surface area (Å²) in [5, 5.41) is 4.18. The van der Waals surface area contributed by atoms with Crippen LogP contribution >= 0.6 is 0 Å². The standard InChI is InChI=1S/C16H22N2O/c1-4-13-6-5-7-14-8-10-18(16(13)14)11-9-15(19)17-12(2)3/h5-8,10,12H,4,9,11H2,1-3H3,(H,17,19). The normalized spacial score (nSPS) is 11.2. The summed E-state index contributed by atoms with van der Waals surface area (Å²) >= 11 is 0. The van der Waals surface area contributed by atoms with Crippen LogP contribution in [0.1, 0.15) is 32.8 Å². The van der Waals surface area contributed by atoms with Gasteiger partial charge in [0.25, 0.3) is 0 Å². The van der Waals surface area contributed by atoms with Crippen LogP contribution in [0.2, 0.25) is 0 Å². The topological polar surface area (TPSA) is 34.0 Å². The number of nitrogens with one attached hydrogen (secondary N) is 1. The summed E-state index contributed by atoms with van der Waals surface area (Å²) in [6.07, 6.45) is 3.62. The molecular formula is C16H22N2O. The number of aryl methyl sites for hydroxylation is 2. The minimum Gasteiger partial charge on any atom is -0.354 e. The molecule has 0 spiro atoms. The highest BCUT2D eigenvalue weighted by Crippen LogP contribution is 2.21. The Labute approximate surface area is 114 Å². The van der Waals surface area contributed by atoms with E-state index in [1.54, 1.807) is 0 Å². The molecule has 1 N–H and O–H groups in total. The van der Waals surface area contributed by atoms with Crippen LogP contribution in [0.25, 0.3) is 10.9 Å². The first kappa shape index (κ1) is 13.7. The zero-order valence-electron chi connectivity index (χ0n) is 11.9. The van der Waals surface area contributed by atoms with Crippen molar-refractivity contribution in [2.24, 2.45) is 0 Å². The van der Waals surface area contributed by atoms with Crippen LogP contribution in [0.3, 0.4) is 0 Å². The van der Waals surface area contributed by atoms with Gasteiger partial charge in [-0.05, 0) is 37.3 Å². The quantitative estimate of drug-likeness (QED) is 0.878. The number of hydrogen-bond acceptors (Lipinski definition) is 1. The molecule has 3 heteroatoms. The molecule has 1 aromatic carbocycles. The average molecular weight is 258 g/mol. The fourth-order valence-electron chi connectivity index (χ4n) is 2.43. The maximum Gasteiger partial charge on any atom is 0.221 e. The lowest BCUT2D eigenvalue weighted by atomic mass is 10.1. The van der Waals surface area contributed by atoms with Gasteiger partial charge in [-0.25, -0.2) is 0 Å². The van der Waals surface area contributed by atoms with Crippen molar-refractivity contribution >= 4 is 16.8 Å². The summed E-state index contributed by atoms with van der Waals surface area (Å²) in [6.45, 7) is 6.87. The summed E-state index contributed by atoms with van der Waals surface area (Å²) in [6, 6.07) is 8.71. The van der Waals surface area contributed by atoms with E-state index in [1.807, 2.05) is 13.8 Å². The molecular weight excluding hydrogens is 236 g/mol. The number of carbonyl (C=O) groups excluding carboxylic acids is 1. The minimum absolute atomic E-state index is 0.117. The Morgan fingerprint density at radius 1 is 1.32 bits per heavy atom. The van der Waals surface area contributed by atoms with Crippen LogP contribution in [-0.4, -0.2) is 16.5 Å². The highest BCUT2D eigenvalue weighted by molar-refractivity contribution is 5.83. The van der Waals surface area contributed by atoms with Gasteiger partial charge >= 0.3 is 0 Å². The molecule has 19 heavy (non-hydrogen) atoms. The van der Waals surface area contributed by atoms with Gasteiger partial charge < -0.3 is 9.88 Å². The van der Waals surface area contributed by atoms with E-state index >= 15 is 0 Å². The lowest BCUT2D eigenvalue weighted by molar-refractivity contribution is -0.121. The predicted octanol–water partition coefficient (Wildman–Crippen LogP) is 3.12. The van der Waals surface area contributed by atoms with Crippen molar-refractivity contribution in [3.63, 3.8) is 0 Å². The van der Waals surface area contributed by atoms with Crippen LogP contribution in [0.15, 0.2) is 30.5 Å². The Morgan fingerprint density at radius 2 is 2.11 bits per heavy atom. The first-order valence-electron chi connectivity index (χ1n) is 6.98. The number of amides is 1. The Hall–Kier alpha value is -1.77. The number of nitrogens with zero attached hydrogens (tertiary/aromatic N) is 1. The van der Waals surface area contributed by atoms with Crippen molar-refractivity contribution in [1.29, 1.82) is 0 Å². The zero-order chi connectivity index (χ0) is 13.8. The molecule has 2 aromatic rings. The Balaban J connectivity index is 2.15. The van der Waals surface area contributed by atoms with Crippen molar-refractivity contribution in [2.75, 3.05) is 0 Å². The maximum atomic E-state index is 11.7. The molecule has 0 radical (unpaired) electrons. The number of hydrogen-bond donors (Lipinski definition) is 1. The van der Waals surface area contributed by atoms with E-state index in [0.717, 1.165) is 13.0 Å². The first-order chi connectivity index (χ1) is 9.11. The Bertz CT molecular complexity index is 569. The number of fused-ring (bicyclic) bond motifs is 1. The van der Waals surface area contributed by atoms with Crippen molar-refractivity contribution in [3.05, 3.63) is 36.0 Å². The van der Waals surface area contributed by atoms with E-state index in [9.17, 15) is 4.79 Å². The first-order valence-corrected chi connectivity index (χ1v) is 6.98.